The minimum atomic E-state index is -0.467. The Balaban J connectivity index is 1.51. The van der Waals surface area contributed by atoms with E-state index in [1.54, 1.807) is 24.3 Å². The number of ether oxygens (including phenoxy) is 1. The van der Waals surface area contributed by atoms with Crippen LogP contribution >= 0.6 is 39.3 Å². The number of allylic oxidation sites excluding steroid dienone is 1. The minimum Gasteiger partial charge on any atom is -0.442 e. The summed E-state index contributed by atoms with van der Waals surface area (Å²) in [6.45, 7) is 0.561. The minimum absolute atomic E-state index is 0.0861. The number of amides is 3. The monoisotopic (exact) mass is 487 g/mol. The van der Waals surface area contributed by atoms with E-state index in [1.165, 1.54) is 16.7 Å². The number of carbonyl (C=O) groups excluding carboxylic acids is 3. The Morgan fingerprint density at radius 1 is 1.32 bits per heavy atom. The van der Waals surface area contributed by atoms with Crippen LogP contribution in [0.15, 0.2) is 35.2 Å². The first-order valence-corrected chi connectivity index (χ1v) is 11.1. The first-order chi connectivity index (χ1) is 13.5. The molecule has 28 heavy (non-hydrogen) atoms. The molecule has 2 heterocycles. The average Bonchev–Trinajstić information content (AvgIpc) is 3.26. The van der Waals surface area contributed by atoms with Gasteiger partial charge in [0.15, 0.2) is 0 Å². The zero-order chi connectivity index (χ0) is 20.1. The highest BCUT2D eigenvalue weighted by molar-refractivity contribution is 9.09. The van der Waals surface area contributed by atoms with Crippen molar-refractivity contribution >= 4 is 68.6 Å². The van der Waals surface area contributed by atoms with Crippen molar-refractivity contribution in [1.29, 1.82) is 0 Å². The van der Waals surface area contributed by atoms with Crippen molar-refractivity contribution in [2.75, 3.05) is 28.6 Å². The molecule has 10 heteroatoms. The number of cyclic esters (lactones) is 1. The zero-order valence-electron chi connectivity index (χ0n) is 14.8. The maximum absolute atomic E-state index is 12.2. The van der Waals surface area contributed by atoms with Crippen LogP contribution < -0.4 is 15.5 Å². The molecule has 1 fully saturated rings. The molecule has 0 spiro atoms. The standard InChI is InChI=1S/C18H19BrClN3O4S/c19-8-7-16(24)22-11-1-3-12(4-2-11)23-10-13(27-18(23)26)9-21-17(25)14-5-6-15(20)28-14/h1-5,13,15H,6-10H2,(H,21,25)(H,22,24)/t13-,15?/m0/s1. The number of nitrogens with zero attached hydrogens (tertiary/aromatic N) is 1. The topological polar surface area (TPSA) is 87.7 Å². The molecule has 2 aliphatic heterocycles. The largest absolute Gasteiger partial charge is 0.442 e. The fourth-order valence-corrected chi connectivity index (χ4v) is 4.32. The first kappa shape index (κ1) is 21.0. The molecule has 0 saturated carbocycles. The van der Waals surface area contributed by atoms with Crippen molar-refractivity contribution in [2.45, 2.75) is 23.7 Å². The summed E-state index contributed by atoms with van der Waals surface area (Å²) in [7, 11) is 0. The lowest BCUT2D eigenvalue weighted by Crippen LogP contribution is -2.34. The molecule has 0 radical (unpaired) electrons. The molecule has 0 aromatic heterocycles. The van der Waals surface area contributed by atoms with Crippen molar-refractivity contribution in [3.63, 3.8) is 0 Å². The molecule has 2 atom stereocenters. The van der Waals surface area contributed by atoms with Crippen LogP contribution in [0.2, 0.25) is 0 Å². The highest BCUT2D eigenvalue weighted by Crippen LogP contribution is 2.34. The second-order valence-corrected chi connectivity index (χ2v) is 9.02. The summed E-state index contributed by atoms with van der Waals surface area (Å²) in [6, 6.07) is 6.95. The Hall–Kier alpha value is -1.71. The van der Waals surface area contributed by atoms with Crippen LogP contribution in [0.4, 0.5) is 16.2 Å². The number of hydrogen-bond acceptors (Lipinski definition) is 5. The fraction of sp³-hybridized carbons (Fsp3) is 0.389. The summed E-state index contributed by atoms with van der Waals surface area (Å²) < 4.78 is 5.23. The Labute approximate surface area is 180 Å². The van der Waals surface area contributed by atoms with E-state index < -0.39 is 12.2 Å². The molecule has 150 valence electrons. The number of alkyl halides is 2. The van der Waals surface area contributed by atoms with E-state index in [9.17, 15) is 14.4 Å². The van der Waals surface area contributed by atoms with Crippen LogP contribution in [0.3, 0.4) is 0 Å². The smallest absolute Gasteiger partial charge is 0.414 e. The molecule has 1 unspecified atom stereocenters. The number of rotatable bonds is 7. The van der Waals surface area contributed by atoms with Crippen molar-refractivity contribution in [3.8, 4) is 0 Å². The van der Waals surface area contributed by atoms with E-state index in [1.807, 2.05) is 6.08 Å². The van der Waals surface area contributed by atoms with Gasteiger partial charge < -0.3 is 15.4 Å². The van der Waals surface area contributed by atoms with Crippen LogP contribution in [0.5, 0.6) is 0 Å². The third-order valence-electron chi connectivity index (χ3n) is 4.12. The number of anilines is 2. The molecular formula is C18H19BrClN3O4S. The van der Waals surface area contributed by atoms with Gasteiger partial charge in [0.05, 0.1) is 22.7 Å². The second kappa shape index (κ2) is 9.67. The van der Waals surface area contributed by atoms with Gasteiger partial charge in [-0.3, -0.25) is 14.5 Å². The molecule has 0 aliphatic carbocycles. The average molecular weight is 489 g/mol. The molecule has 2 N–H and O–H groups in total. The maximum atomic E-state index is 12.2. The molecular weight excluding hydrogens is 470 g/mol. The van der Waals surface area contributed by atoms with E-state index in [2.05, 4.69) is 26.6 Å². The lowest BCUT2D eigenvalue weighted by molar-refractivity contribution is -0.117. The Morgan fingerprint density at radius 2 is 2.07 bits per heavy atom. The Bertz CT molecular complexity index is 790. The summed E-state index contributed by atoms with van der Waals surface area (Å²) in [5.74, 6) is -0.289. The van der Waals surface area contributed by atoms with Crippen LogP contribution in [0.1, 0.15) is 12.8 Å². The quantitative estimate of drug-likeness (QED) is 0.574. The molecule has 0 bridgehead atoms. The fourth-order valence-electron chi connectivity index (χ4n) is 2.75. The van der Waals surface area contributed by atoms with Gasteiger partial charge in [0.25, 0.3) is 5.91 Å². The molecule has 7 nitrogen and oxygen atoms in total. The lowest BCUT2D eigenvalue weighted by atomic mass is 10.2. The first-order valence-electron chi connectivity index (χ1n) is 8.69. The van der Waals surface area contributed by atoms with Crippen molar-refractivity contribution in [1.82, 2.24) is 5.32 Å². The maximum Gasteiger partial charge on any atom is 0.414 e. The van der Waals surface area contributed by atoms with Crippen molar-refractivity contribution < 1.29 is 19.1 Å². The number of halogens is 2. The van der Waals surface area contributed by atoms with Gasteiger partial charge >= 0.3 is 6.09 Å². The van der Waals surface area contributed by atoms with Gasteiger partial charge in [0, 0.05) is 23.1 Å². The normalized spacial score (nSPS) is 21.3. The Morgan fingerprint density at radius 3 is 2.71 bits per heavy atom. The number of carbonyl (C=O) groups is 3. The van der Waals surface area contributed by atoms with E-state index in [4.69, 9.17) is 16.3 Å². The second-order valence-electron chi connectivity index (χ2n) is 6.19. The van der Waals surface area contributed by atoms with E-state index in [-0.39, 0.29) is 23.1 Å². The Kier molecular flexibility index (Phi) is 7.25. The van der Waals surface area contributed by atoms with Gasteiger partial charge in [0.1, 0.15) is 6.10 Å². The van der Waals surface area contributed by atoms with Gasteiger partial charge in [-0.2, -0.15) is 0 Å². The number of benzene rings is 1. The number of thioether (sulfide) groups is 1. The predicted molar refractivity (Wildman–Crippen MR) is 114 cm³/mol. The van der Waals surface area contributed by atoms with E-state index in [0.717, 1.165) is 0 Å². The molecule has 1 saturated heterocycles. The number of hydrogen-bond donors (Lipinski definition) is 2. The van der Waals surface area contributed by atoms with Crippen LogP contribution in [-0.2, 0) is 14.3 Å². The molecule has 3 rings (SSSR count). The number of nitrogens with one attached hydrogen (secondary N) is 2. The summed E-state index contributed by atoms with van der Waals surface area (Å²) in [4.78, 5) is 38.0. The molecule has 3 amide bonds. The molecule has 2 aliphatic rings. The van der Waals surface area contributed by atoms with Gasteiger partial charge in [-0.25, -0.2) is 4.79 Å². The highest BCUT2D eigenvalue weighted by atomic mass is 79.9. The molecule has 1 aromatic rings. The summed E-state index contributed by atoms with van der Waals surface area (Å²) >= 11 is 10.5. The van der Waals surface area contributed by atoms with Gasteiger partial charge in [0.2, 0.25) is 5.91 Å². The van der Waals surface area contributed by atoms with Gasteiger partial charge in [-0.1, -0.05) is 22.0 Å². The van der Waals surface area contributed by atoms with E-state index in [0.29, 0.717) is 41.0 Å². The van der Waals surface area contributed by atoms with Gasteiger partial charge in [-0.05, 0) is 30.7 Å². The van der Waals surface area contributed by atoms with Crippen LogP contribution in [0, 0.1) is 0 Å². The predicted octanol–water partition coefficient (Wildman–Crippen LogP) is 3.44. The highest BCUT2D eigenvalue weighted by Gasteiger charge is 2.33. The van der Waals surface area contributed by atoms with Crippen molar-refractivity contribution in [3.05, 3.63) is 35.2 Å². The summed E-state index contributed by atoms with van der Waals surface area (Å²) in [5.41, 5.74) is 1.32. The SMILES string of the molecule is O=C(CCBr)Nc1ccc(N2C[C@H](CNC(=O)C3=CCC(Cl)S3)OC2=O)cc1. The third kappa shape index (κ3) is 5.42. The van der Waals surface area contributed by atoms with Crippen LogP contribution in [-0.4, -0.2) is 47.1 Å². The van der Waals surface area contributed by atoms with E-state index >= 15 is 0 Å². The molecule has 1 aromatic carbocycles. The van der Waals surface area contributed by atoms with Gasteiger partial charge in [-0.15, -0.1) is 23.4 Å². The summed E-state index contributed by atoms with van der Waals surface area (Å²) in [6.07, 6.45) is 1.95. The van der Waals surface area contributed by atoms with Crippen LogP contribution in [0.25, 0.3) is 0 Å². The summed E-state index contributed by atoms with van der Waals surface area (Å²) in [5, 5.41) is 6.15. The lowest BCUT2D eigenvalue weighted by Gasteiger charge is -2.14. The third-order valence-corrected chi connectivity index (χ3v) is 6.01. The van der Waals surface area contributed by atoms with Crippen molar-refractivity contribution in [2.24, 2.45) is 0 Å². The zero-order valence-corrected chi connectivity index (χ0v) is 18.0.